The first kappa shape index (κ1) is 33.0. The number of anilines is 3. The number of aromatic nitrogens is 5. The summed E-state index contributed by atoms with van der Waals surface area (Å²) in [6.07, 6.45) is 4.67. The molecule has 8 rings (SSSR count). The molecule has 4 aromatic heterocycles. The molecule has 0 bridgehead atoms. The number of rotatable bonds is 8. The monoisotopic (exact) mass is 705 g/mol. The van der Waals surface area contributed by atoms with Gasteiger partial charge in [0.25, 0.3) is 11.8 Å². The van der Waals surface area contributed by atoms with Crippen LogP contribution in [0.5, 0.6) is 0 Å². The highest BCUT2D eigenvalue weighted by Crippen LogP contribution is 2.26. The van der Waals surface area contributed by atoms with Crippen molar-refractivity contribution in [2.24, 2.45) is 0 Å². The fourth-order valence-electron chi connectivity index (χ4n) is 6.90. The van der Waals surface area contributed by atoms with Crippen molar-refractivity contribution in [3.05, 3.63) is 95.5 Å². The molecule has 0 aliphatic carbocycles. The first-order valence-electron chi connectivity index (χ1n) is 17.1. The van der Waals surface area contributed by atoms with Crippen LogP contribution < -0.4 is 25.8 Å². The van der Waals surface area contributed by atoms with E-state index in [-0.39, 0.29) is 42.4 Å². The molecule has 1 atom stereocenters. The van der Waals surface area contributed by atoms with Crippen LogP contribution in [0.4, 0.5) is 26.4 Å². The Bertz CT molecular complexity index is 2210. The van der Waals surface area contributed by atoms with Gasteiger partial charge in [-0.1, -0.05) is 12.1 Å². The van der Waals surface area contributed by atoms with E-state index in [1.165, 1.54) is 4.90 Å². The Labute approximate surface area is 297 Å². The Kier molecular flexibility index (Phi) is 8.58. The first-order valence-corrected chi connectivity index (χ1v) is 17.1. The summed E-state index contributed by atoms with van der Waals surface area (Å²) in [5, 5.41) is 13.3. The molecule has 3 aliphatic heterocycles. The lowest BCUT2D eigenvalue weighted by Crippen LogP contribution is -2.50. The Balaban J connectivity index is 0.845. The van der Waals surface area contributed by atoms with Crippen LogP contribution in [0.3, 0.4) is 0 Å². The molecule has 2 fully saturated rings. The smallest absolute Gasteiger partial charge is 0.329 e. The summed E-state index contributed by atoms with van der Waals surface area (Å²) < 4.78 is 18.3. The summed E-state index contributed by atoms with van der Waals surface area (Å²) >= 11 is 0. The van der Waals surface area contributed by atoms with E-state index < -0.39 is 11.8 Å². The average molecular weight is 706 g/mol. The summed E-state index contributed by atoms with van der Waals surface area (Å²) in [4.78, 5) is 63.7. The molecular formula is C36H36FN11O4. The molecule has 2 saturated heterocycles. The van der Waals surface area contributed by atoms with Gasteiger partial charge >= 0.3 is 6.03 Å². The number of halogens is 1. The van der Waals surface area contributed by atoms with E-state index in [4.69, 9.17) is 0 Å². The van der Waals surface area contributed by atoms with Crippen LogP contribution in [-0.2, 0) is 17.9 Å². The highest BCUT2D eigenvalue weighted by atomic mass is 19.1. The van der Waals surface area contributed by atoms with Gasteiger partial charge in [0.2, 0.25) is 5.91 Å². The van der Waals surface area contributed by atoms with Gasteiger partial charge in [0.1, 0.15) is 28.7 Å². The molecule has 3 N–H and O–H groups in total. The number of fused-ring (bicyclic) bond motifs is 3. The van der Waals surface area contributed by atoms with Crippen LogP contribution >= 0.6 is 0 Å². The second-order valence-corrected chi connectivity index (χ2v) is 13.3. The van der Waals surface area contributed by atoms with Gasteiger partial charge in [-0.2, -0.15) is 5.10 Å². The van der Waals surface area contributed by atoms with E-state index >= 15 is 0 Å². The number of nitrogens with zero attached hydrogens (tertiary/aromatic N) is 8. The van der Waals surface area contributed by atoms with Crippen LogP contribution in [0.15, 0.2) is 67.1 Å². The molecule has 1 aromatic carbocycles. The lowest BCUT2D eigenvalue weighted by Gasteiger charge is -2.36. The van der Waals surface area contributed by atoms with Crippen molar-refractivity contribution in [2.75, 3.05) is 54.4 Å². The van der Waals surface area contributed by atoms with Crippen molar-refractivity contribution in [1.82, 2.24) is 39.8 Å². The third-order valence-corrected chi connectivity index (χ3v) is 9.70. The average Bonchev–Trinajstić information content (AvgIpc) is 3.76. The lowest BCUT2D eigenvalue weighted by molar-refractivity contribution is -0.120. The topological polar surface area (TPSA) is 163 Å². The predicted octanol–water partition coefficient (Wildman–Crippen LogP) is 3.14. The quantitative estimate of drug-likeness (QED) is 0.220. The predicted molar refractivity (Wildman–Crippen MR) is 190 cm³/mol. The highest BCUT2D eigenvalue weighted by Gasteiger charge is 2.28. The number of pyridine rings is 2. The summed E-state index contributed by atoms with van der Waals surface area (Å²) in [6.45, 7) is 6.59. The number of carbonyl (C=O) groups is 4. The van der Waals surface area contributed by atoms with Gasteiger partial charge in [0.15, 0.2) is 0 Å². The van der Waals surface area contributed by atoms with Gasteiger partial charge in [-0.05, 0) is 48.9 Å². The number of hydrogen-bond donors (Lipinski definition) is 3. The van der Waals surface area contributed by atoms with Gasteiger partial charge in [0, 0.05) is 75.1 Å². The number of nitrogens with one attached hydrogen (secondary N) is 3. The molecule has 266 valence electrons. The van der Waals surface area contributed by atoms with Crippen LogP contribution in [0.2, 0.25) is 0 Å². The maximum absolute atomic E-state index is 14.7. The maximum Gasteiger partial charge on any atom is 0.329 e. The summed E-state index contributed by atoms with van der Waals surface area (Å²) in [6, 6.07) is 14.6. The molecule has 5 aromatic rings. The second-order valence-electron chi connectivity index (χ2n) is 13.3. The fraction of sp³-hybridized carbons (Fsp3) is 0.306. The number of imide groups is 1. The Morgan fingerprint density at radius 2 is 1.79 bits per heavy atom. The number of piperazine rings is 1. The molecule has 52 heavy (non-hydrogen) atoms. The zero-order valence-electron chi connectivity index (χ0n) is 28.4. The molecule has 3 aliphatic rings. The summed E-state index contributed by atoms with van der Waals surface area (Å²) in [7, 11) is 0. The number of urea groups is 1. The number of benzene rings is 1. The zero-order valence-corrected chi connectivity index (χ0v) is 28.4. The second kappa shape index (κ2) is 13.5. The minimum absolute atomic E-state index is 0.0211. The van der Waals surface area contributed by atoms with Gasteiger partial charge < -0.3 is 20.1 Å². The van der Waals surface area contributed by atoms with Crippen LogP contribution in [0.1, 0.15) is 51.5 Å². The van der Waals surface area contributed by atoms with E-state index in [1.807, 2.05) is 11.5 Å². The Morgan fingerprint density at radius 1 is 0.981 bits per heavy atom. The van der Waals surface area contributed by atoms with E-state index in [1.54, 1.807) is 41.3 Å². The van der Waals surface area contributed by atoms with Crippen molar-refractivity contribution in [3.8, 4) is 0 Å². The van der Waals surface area contributed by atoms with Crippen molar-refractivity contribution in [1.29, 1.82) is 0 Å². The lowest BCUT2D eigenvalue weighted by atomic mass is 10.1. The minimum Gasteiger partial charge on any atom is -0.369 e. The normalized spacial score (nSPS) is 18.0. The molecule has 7 heterocycles. The highest BCUT2D eigenvalue weighted by molar-refractivity contribution is 6.06. The molecule has 0 radical (unpaired) electrons. The molecule has 0 unspecified atom stereocenters. The van der Waals surface area contributed by atoms with Crippen LogP contribution in [-0.4, -0.2) is 92.2 Å². The Hall–Kier alpha value is -6.16. The first-order chi connectivity index (χ1) is 25.2. The van der Waals surface area contributed by atoms with Crippen molar-refractivity contribution >= 4 is 52.0 Å². The number of carbonyl (C=O) groups excluding carboxylic acids is 4. The Morgan fingerprint density at radius 3 is 2.58 bits per heavy atom. The van der Waals surface area contributed by atoms with Gasteiger partial charge in [-0.25, -0.2) is 19.2 Å². The van der Waals surface area contributed by atoms with Gasteiger partial charge in [-0.3, -0.25) is 34.2 Å². The van der Waals surface area contributed by atoms with E-state index in [0.29, 0.717) is 48.0 Å². The molecule has 15 nitrogen and oxygen atoms in total. The molecule has 0 saturated carbocycles. The zero-order chi connectivity index (χ0) is 35.9. The SMILES string of the molecule is C[C@@H]1CNC(=O)c2cc3ccc(C(=O)Nc4cnn(Cc5ccc(N6CCN(Cc7cc(N8CCC(=O)NC8=O)ncc7F)CC6)cc5)c4)nc3n21. The van der Waals surface area contributed by atoms with Gasteiger partial charge in [-0.15, -0.1) is 0 Å². The van der Waals surface area contributed by atoms with Crippen molar-refractivity contribution in [3.63, 3.8) is 0 Å². The number of amides is 5. The van der Waals surface area contributed by atoms with Crippen molar-refractivity contribution in [2.45, 2.75) is 32.5 Å². The number of hydrogen-bond acceptors (Lipinski definition) is 9. The minimum atomic E-state index is -0.549. The third-order valence-electron chi connectivity index (χ3n) is 9.70. The largest absolute Gasteiger partial charge is 0.369 e. The van der Waals surface area contributed by atoms with Crippen molar-refractivity contribution < 1.29 is 23.6 Å². The molecule has 16 heteroatoms. The van der Waals surface area contributed by atoms with Gasteiger partial charge in [0.05, 0.1) is 30.7 Å². The summed E-state index contributed by atoms with van der Waals surface area (Å²) in [5.74, 6) is -0.956. The molecule has 0 spiro atoms. The standard InChI is InChI=1S/C36H36FN11O4/c1-22-16-39-35(51)30-14-24-4-7-29(42-33(24)48(22)30)34(50)41-26-17-40-46(21-26)19-23-2-5-27(6-3-23)45-12-10-44(11-13-45)20-25-15-31(38-18-28(25)37)47-9-8-32(49)43-36(47)52/h2-7,14-15,17-18,21-22H,8-13,16,19-20H2,1H3,(H,39,51)(H,41,50)(H,43,49,52)/t22-/m1/s1. The van der Waals surface area contributed by atoms with E-state index in [9.17, 15) is 23.6 Å². The fourth-order valence-corrected chi connectivity index (χ4v) is 6.90. The molecular weight excluding hydrogens is 669 g/mol. The molecule has 5 amide bonds. The summed E-state index contributed by atoms with van der Waals surface area (Å²) in [5.41, 5.74) is 4.51. The third kappa shape index (κ3) is 6.55. The van der Waals surface area contributed by atoms with E-state index in [2.05, 4.69) is 65.1 Å². The van der Waals surface area contributed by atoms with E-state index in [0.717, 1.165) is 49.0 Å². The maximum atomic E-state index is 14.7. The van der Waals surface area contributed by atoms with Crippen LogP contribution in [0, 0.1) is 5.82 Å². The van der Waals surface area contributed by atoms with Crippen LogP contribution in [0.25, 0.3) is 11.0 Å².